The molecule has 0 atom stereocenters. The lowest BCUT2D eigenvalue weighted by molar-refractivity contribution is -0.140. The summed E-state index contributed by atoms with van der Waals surface area (Å²) in [5.74, 6) is 1.65. The van der Waals surface area contributed by atoms with Crippen molar-refractivity contribution in [1.82, 2.24) is 10.2 Å². The van der Waals surface area contributed by atoms with E-state index in [1.807, 2.05) is 19.2 Å². The van der Waals surface area contributed by atoms with Crippen LogP contribution in [0, 0.1) is 0 Å². The summed E-state index contributed by atoms with van der Waals surface area (Å²) in [6.45, 7) is 4.48. The molecule has 0 aromatic heterocycles. The quantitative estimate of drug-likeness (QED) is 0.283. The Balaban J connectivity index is 2.39. The van der Waals surface area contributed by atoms with Crippen molar-refractivity contribution in [2.45, 2.75) is 45.6 Å². The Hall–Kier alpha value is -2.24. The average Bonchev–Trinajstić information content (AvgIpc) is 2.66. The molecule has 0 saturated heterocycles. The average molecular weight is 364 g/mol. The molecule has 0 aliphatic rings. The van der Waals surface area contributed by atoms with Crippen LogP contribution < -0.4 is 10.1 Å². The fourth-order valence-electron chi connectivity index (χ4n) is 2.57. The number of benzene rings is 1. The van der Waals surface area contributed by atoms with Crippen LogP contribution in [-0.4, -0.2) is 51.2 Å². The zero-order valence-electron chi connectivity index (χ0n) is 16.6. The van der Waals surface area contributed by atoms with Gasteiger partial charge in [-0.15, -0.1) is 0 Å². The maximum Gasteiger partial charge on any atom is 0.305 e. The molecule has 0 amide bonds. The van der Waals surface area contributed by atoms with Gasteiger partial charge in [0.1, 0.15) is 5.75 Å². The van der Waals surface area contributed by atoms with Crippen LogP contribution in [0.1, 0.15) is 44.6 Å². The monoisotopic (exact) mass is 363 g/mol. The van der Waals surface area contributed by atoms with Gasteiger partial charge < -0.3 is 19.7 Å². The highest BCUT2D eigenvalue weighted by atomic mass is 16.5. The Morgan fingerprint density at radius 3 is 2.42 bits per heavy atom. The van der Waals surface area contributed by atoms with Crippen LogP contribution in [0.15, 0.2) is 29.3 Å². The standard InChI is InChI=1S/C20H33N3O3/c1-5-21-20(22-15-9-7-6-8-10-19(24)26-4)23(2)16-17-11-13-18(25-3)14-12-17/h11-14H,5-10,15-16H2,1-4H3,(H,21,22). The highest BCUT2D eigenvalue weighted by Gasteiger charge is 2.06. The Morgan fingerprint density at radius 2 is 1.81 bits per heavy atom. The Bertz CT molecular complexity index is 544. The minimum atomic E-state index is -0.127. The highest BCUT2D eigenvalue weighted by Crippen LogP contribution is 2.12. The molecule has 0 bridgehead atoms. The fourth-order valence-corrected chi connectivity index (χ4v) is 2.57. The zero-order chi connectivity index (χ0) is 19.2. The number of carbonyl (C=O) groups excluding carboxylic acids is 1. The number of ether oxygens (including phenoxy) is 2. The maximum absolute atomic E-state index is 11.1. The van der Waals surface area contributed by atoms with E-state index in [1.54, 1.807) is 7.11 Å². The number of nitrogens with zero attached hydrogens (tertiary/aromatic N) is 2. The van der Waals surface area contributed by atoms with Gasteiger partial charge in [0.25, 0.3) is 0 Å². The van der Waals surface area contributed by atoms with Crippen molar-refractivity contribution in [3.8, 4) is 5.75 Å². The van der Waals surface area contributed by atoms with Gasteiger partial charge in [0, 0.05) is 33.1 Å². The van der Waals surface area contributed by atoms with E-state index in [0.717, 1.165) is 57.0 Å². The van der Waals surface area contributed by atoms with Gasteiger partial charge >= 0.3 is 5.97 Å². The van der Waals surface area contributed by atoms with Crippen LogP contribution in [0.2, 0.25) is 0 Å². The molecule has 0 saturated carbocycles. The van der Waals surface area contributed by atoms with E-state index < -0.39 is 0 Å². The van der Waals surface area contributed by atoms with Crippen molar-refractivity contribution in [2.24, 2.45) is 4.99 Å². The Kier molecular flexibility index (Phi) is 10.9. The number of hydrogen-bond acceptors (Lipinski definition) is 4. The first kappa shape index (κ1) is 21.8. The van der Waals surface area contributed by atoms with Crippen LogP contribution in [0.3, 0.4) is 0 Å². The predicted octanol–water partition coefficient (Wildman–Crippen LogP) is 3.22. The van der Waals surface area contributed by atoms with Crippen molar-refractivity contribution in [2.75, 3.05) is 34.4 Å². The maximum atomic E-state index is 11.1. The molecule has 0 radical (unpaired) electrons. The molecule has 6 heteroatoms. The van der Waals surface area contributed by atoms with Crippen LogP contribution in [0.5, 0.6) is 5.75 Å². The second-order valence-electron chi connectivity index (χ2n) is 6.18. The number of methoxy groups -OCH3 is 2. The van der Waals surface area contributed by atoms with Crippen LogP contribution in [-0.2, 0) is 16.1 Å². The van der Waals surface area contributed by atoms with Crippen molar-refractivity contribution in [1.29, 1.82) is 0 Å². The van der Waals surface area contributed by atoms with Crippen LogP contribution >= 0.6 is 0 Å². The van der Waals surface area contributed by atoms with Gasteiger partial charge in [-0.05, 0) is 37.5 Å². The van der Waals surface area contributed by atoms with E-state index in [1.165, 1.54) is 12.7 Å². The highest BCUT2D eigenvalue weighted by molar-refractivity contribution is 5.79. The van der Waals surface area contributed by atoms with E-state index in [2.05, 4.69) is 34.0 Å². The minimum Gasteiger partial charge on any atom is -0.497 e. The summed E-state index contributed by atoms with van der Waals surface area (Å²) in [5.41, 5.74) is 1.21. The lowest BCUT2D eigenvalue weighted by Gasteiger charge is -2.22. The molecule has 1 aromatic rings. The van der Waals surface area contributed by atoms with E-state index in [-0.39, 0.29) is 5.97 Å². The predicted molar refractivity (Wildman–Crippen MR) is 106 cm³/mol. The summed E-state index contributed by atoms with van der Waals surface area (Å²) in [6.07, 6.45) is 4.51. The Labute approximate surface area is 157 Å². The summed E-state index contributed by atoms with van der Waals surface area (Å²) in [6, 6.07) is 8.09. The van der Waals surface area contributed by atoms with E-state index in [0.29, 0.717) is 6.42 Å². The summed E-state index contributed by atoms with van der Waals surface area (Å²) < 4.78 is 9.84. The molecule has 6 nitrogen and oxygen atoms in total. The van der Waals surface area contributed by atoms with Gasteiger partial charge in [0.05, 0.1) is 14.2 Å². The number of aliphatic imine (C=N–C) groups is 1. The molecule has 0 aliphatic heterocycles. The largest absolute Gasteiger partial charge is 0.497 e. The summed E-state index contributed by atoms with van der Waals surface area (Å²) >= 11 is 0. The van der Waals surface area contributed by atoms with Crippen LogP contribution in [0.25, 0.3) is 0 Å². The number of nitrogens with one attached hydrogen (secondary N) is 1. The molecule has 0 unspecified atom stereocenters. The molecule has 1 aromatic carbocycles. The molecule has 0 fully saturated rings. The SMILES string of the molecule is CCNC(=NCCCCCCC(=O)OC)N(C)Cc1ccc(OC)cc1. The van der Waals surface area contributed by atoms with Gasteiger partial charge in [-0.2, -0.15) is 0 Å². The molecule has 1 rings (SSSR count). The zero-order valence-corrected chi connectivity index (χ0v) is 16.6. The van der Waals surface area contributed by atoms with Gasteiger partial charge in [-0.25, -0.2) is 0 Å². The first-order chi connectivity index (χ1) is 12.6. The molecule has 26 heavy (non-hydrogen) atoms. The van der Waals surface area contributed by atoms with E-state index >= 15 is 0 Å². The molecule has 0 spiro atoms. The topological polar surface area (TPSA) is 63.2 Å². The number of carbonyl (C=O) groups is 1. The molecule has 0 aliphatic carbocycles. The van der Waals surface area contributed by atoms with Crippen molar-refractivity contribution < 1.29 is 14.3 Å². The van der Waals surface area contributed by atoms with Crippen molar-refractivity contribution >= 4 is 11.9 Å². The van der Waals surface area contributed by atoms with Gasteiger partial charge in [0.2, 0.25) is 0 Å². The number of unbranched alkanes of at least 4 members (excludes halogenated alkanes) is 3. The van der Waals surface area contributed by atoms with E-state index in [4.69, 9.17) is 9.73 Å². The molecular formula is C20H33N3O3. The third-order valence-corrected chi connectivity index (χ3v) is 4.05. The molecule has 1 N–H and O–H groups in total. The third kappa shape index (κ3) is 8.74. The minimum absolute atomic E-state index is 0.127. The summed E-state index contributed by atoms with van der Waals surface area (Å²) in [7, 11) is 5.15. The first-order valence-corrected chi connectivity index (χ1v) is 9.29. The van der Waals surface area contributed by atoms with Gasteiger partial charge in [-0.3, -0.25) is 9.79 Å². The van der Waals surface area contributed by atoms with Gasteiger partial charge in [-0.1, -0.05) is 25.0 Å². The lowest BCUT2D eigenvalue weighted by atomic mass is 10.1. The van der Waals surface area contributed by atoms with Crippen LogP contribution in [0.4, 0.5) is 0 Å². The second-order valence-corrected chi connectivity index (χ2v) is 6.18. The number of guanidine groups is 1. The number of hydrogen-bond donors (Lipinski definition) is 1. The van der Waals surface area contributed by atoms with Crippen molar-refractivity contribution in [3.63, 3.8) is 0 Å². The smallest absolute Gasteiger partial charge is 0.305 e. The molecule has 146 valence electrons. The van der Waals surface area contributed by atoms with Gasteiger partial charge in [0.15, 0.2) is 5.96 Å². The summed E-state index contributed by atoms with van der Waals surface area (Å²) in [5, 5.41) is 3.34. The molecule has 0 heterocycles. The summed E-state index contributed by atoms with van der Waals surface area (Å²) in [4.78, 5) is 17.9. The third-order valence-electron chi connectivity index (χ3n) is 4.05. The number of esters is 1. The molecular weight excluding hydrogens is 330 g/mol. The Morgan fingerprint density at radius 1 is 1.12 bits per heavy atom. The number of rotatable bonds is 11. The normalized spacial score (nSPS) is 11.2. The van der Waals surface area contributed by atoms with E-state index in [9.17, 15) is 4.79 Å². The van der Waals surface area contributed by atoms with Crippen molar-refractivity contribution in [3.05, 3.63) is 29.8 Å². The first-order valence-electron chi connectivity index (χ1n) is 9.29. The second kappa shape index (κ2) is 13.0. The lowest BCUT2D eigenvalue weighted by Crippen LogP contribution is -2.38. The fraction of sp³-hybridized carbons (Fsp3) is 0.600.